The zero-order chi connectivity index (χ0) is 16.9. The molecule has 128 valence electrons. The molecule has 23 heavy (non-hydrogen) atoms. The molecule has 1 aromatic rings. The number of hydrogen-bond donors (Lipinski definition) is 0. The fraction of sp³-hybridized carbons (Fsp3) is 0.562. The van der Waals surface area contributed by atoms with Gasteiger partial charge in [0.1, 0.15) is 0 Å². The van der Waals surface area contributed by atoms with Crippen molar-refractivity contribution in [2.45, 2.75) is 19.5 Å². The van der Waals surface area contributed by atoms with Crippen molar-refractivity contribution in [1.82, 2.24) is 4.90 Å². The lowest BCUT2D eigenvalue weighted by Gasteiger charge is -2.36. The van der Waals surface area contributed by atoms with Gasteiger partial charge in [-0.1, -0.05) is 6.07 Å². The number of nitrogens with zero attached hydrogens (tertiary/aromatic N) is 2. The minimum atomic E-state index is -4.32. The summed E-state index contributed by atoms with van der Waals surface area (Å²) in [7, 11) is 0. The summed E-state index contributed by atoms with van der Waals surface area (Å²) in [6.45, 7) is 5.49. The molecule has 7 heteroatoms. The Hall–Kier alpha value is -1.76. The van der Waals surface area contributed by atoms with Crippen LogP contribution in [-0.4, -0.2) is 50.2 Å². The third kappa shape index (κ3) is 5.13. The average Bonchev–Trinajstić information content (AvgIpc) is 2.53. The van der Waals surface area contributed by atoms with Crippen LogP contribution in [0.15, 0.2) is 24.3 Å². The van der Waals surface area contributed by atoms with Gasteiger partial charge in [0.2, 0.25) is 0 Å². The van der Waals surface area contributed by atoms with Gasteiger partial charge in [-0.2, -0.15) is 13.2 Å². The van der Waals surface area contributed by atoms with E-state index < -0.39 is 11.7 Å². The van der Waals surface area contributed by atoms with E-state index in [-0.39, 0.29) is 5.97 Å². The third-order valence-electron chi connectivity index (χ3n) is 3.85. The maximum Gasteiger partial charge on any atom is 0.416 e. The van der Waals surface area contributed by atoms with Crippen LogP contribution >= 0.6 is 0 Å². The fourth-order valence-electron chi connectivity index (χ4n) is 2.59. The number of anilines is 1. The minimum absolute atomic E-state index is 0.215. The molecule has 2 rings (SSSR count). The molecule has 0 aromatic heterocycles. The highest BCUT2D eigenvalue weighted by atomic mass is 19.4. The SMILES string of the molecule is CCOC(=O)CCN1CCN(c2cccc(C(F)(F)F)c2)CC1. The lowest BCUT2D eigenvalue weighted by Crippen LogP contribution is -2.47. The molecule has 0 aliphatic carbocycles. The van der Waals surface area contributed by atoms with E-state index in [0.717, 1.165) is 19.2 Å². The molecule has 0 unspecified atom stereocenters. The number of rotatable bonds is 5. The van der Waals surface area contributed by atoms with Crippen LogP contribution in [0.4, 0.5) is 18.9 Å². The number of ether oxygens (including phenoxy) is 1. The molecule has 0 amide bonds. The van der Waals surface area contributed by atoms with Gasteiger partial charge in [-0.25, -0.2) is 0 Å². The smallest absolute Gasteiger partial charge is 0.416 e. The second-order valence-corrected chi connectivity index (χ2v) is 5.43. The number of carbonyl (C=O) groups excluding carboxylic acids is 1. The maximum absolute atomic E-state index is 12.8. The molecule has 0 saturated carbocycles. The van der Waals surface area contributed by atoms with Crippen LogP contribution in [0.3, 0.4) is 0 Å². The van der Waals surface area contributed by atoms with Crippen molar-refractivity contribution < 1.29 is 22.7 Å². The molecule has 1 heterocycles. The van der Waals surface area contributed by atoms with Gasteiger partial charge in [0, 0.05) is 38.4 Å². The van der Waals surface area contributed by atoms with E-state index in [1.807, 2.05) is 4.90 Å². The standard InChI is InChI=1S/C16H21F3N2O2/c1-2-23-15(22)6-7-20-8-10-21(11-9-20)14-5-3-4-13(12-14)16(17,18)19/h3-5,12H,2,6-11H2,1H3. The number of esters is 1. The molecular formula is C16H21F3N2O2. The van der Waals surface area contributed by atoms with Crippen molar-refractivity contribution in [2.75, 3.05) is 44.2 Å². The molecule has 0 atom stereocenters. The second kappa shape index (κ2) is 7.68. The average molecular weight is 330 g/mol. The van der Waals surface area contributed by atoms with Crippen LogP contribution < -0.4 is 4.90 Å². The van der Waals surface area contributed by atoms with Crippen LogP contribution in [0.5, 0.6) is 0 Å². The van der Waals surface area contributed by atoms with Crippen LogP contribution in [0, 0.1) is 0 Å². The van der Waals surface area contributed by atoms with Crippen molar-refractivity contribution in [3.8, 4) is 0 Å². The number of hydrogen-bond acceptors (Lipinski definition) is 4. The molecular weight excluding hydrogens is 309 g/mol. The summed E-state index contributed by atoms with van der Waals surface area (Å²) in [5, 5.41) is 0. The highest BCUT2D eigenvalue weighted by Crippen LogP contribution is 2.31. The molecule has 1 aliphatic rings. The van der Waals surface area contributed by atoms with Gasteiger partial charge in [0.25, 0.3) is 0 Å². The Bertz CT molecular complexity index is 526. The molecule has 4 nitrogen and oxygen atoms in total. The van der Waals surface area contributed by atoms with Crippen LogP contribution in [-0.2, 0) is 15.7 Å². The topological polar surface area (TPSA) is 32.8 Å². The number of halogens is 3. The van der Waals surface area contributed by atoms with Crippen LogP contribution in [0.25, 0.3) is 0 Å². The van der Waals surface area contributed by atoms with E-state index in [9.17, 15) is 18.0 Å². The Morgan fingerprint density at radius 3 is 2.52 bits per heavy atom. The van der Waals surface area contributed by atoms with E-state index in [4.69, 9.17) is 4.74 Å². The van der Waals surface area contributed by atoms with E-state index in [2.05, 4.69) is 4.90 Å². The fourth-order valence-corrected chi connectivity index (χ4v) is 2.59. The Morgan fingerprint density at radius 1 is 1.22 bits per heavy atom. The zero-order valence-electron chi connectivity index (χ0n) is 13.1. The molecule has 1 aliphatic heterocycles. The number of alkyl halides is 3. The molecule has 1 saturated heterocycles. The van der Waals surface area contributed by atoms with Gasteiger partial charge in [0.15, 0.2) is 0 Å². The maximum atomic E-state index is 12.8. The first-order chi connectivity index (χ1) is 10.9. The van der Waals surface area contributed by atoms with Gasteiger partial charge in [0.05, 0.1) is 18.6 Å². The molecule has 0 bridgehead atoms. The Kier molecular flexibility index (Phi) is 5.87. The van der Waals surface area contributed by atoms with Gasteiger partial charge < -0.3 is 9.64 Å². The first kappa shape index (κ1) is 17.6. The number of benzene rings is 1. The van der Waals surface area contributed by atoms with Crippen LogP contribution in [0.2, 0.25) is 0 Å². The Labute approximate surface area is 133 Å². The third-order valence-corrected chi connectivity index (χ3v) is 3.85. The highest BCUT2D eigenvalue weighted by Gasteiger charge is 2.31. The van der Waals surface area contributed by atoms with Crippen LogP contribution in [0.1, 0.15) is 18.9 Å². The Balaban J connectivity index is 1.86. The van der Waals surface area contributed by atoms with Gasteiger partial charge >= 0.3 is 12.1 Å². The summed E-state index contributed by atoms with van der Waals surface area (Å²) in [4.78, 5) is 15.4. The van der Waals surface area contributed by atoms with Crippen molar-refractivity contribution in [1.29, 1.82) is 0 Å². The van der Waals surface area contributed by atoms with Gasteiger partial charge in [-0.3, -0.25) is 9.69 Å². The summed E-state index contributed by atoms with van der Waals surface area (Å²) in [5.74, 6) is -0.215. The van der Waals surface area contributed by atoms with E-state index >= 15 is 0 Å². The van der Waals surface area contributed by atoms with Crippen molar-refractivity contribution >= 4 is 11.7 Å². The largest absolute Gasteiger partial charge is 0.466 e. The second-order valence-electron chi connectivity index (χ2n) is 5.43. The predicted molar refractivity (Wildman–Crippen MR) is 81.3 cm³/mol. The lowest BCUT2D eigenvalue weighted by molar-refractivity contribution is -0.143. The first-order valence-electron chi connectivity index (χ1n) is 7.70. The summed E-state index contributed by atoms with van der Waals surface area (Å²) < 4.78 is 43.2. The lowest BCUT2D eigenvalue weighted by atomic mass is 10.1. The summed E-state index contributed by atoms with van der Waals surface area (Å²) in [6.07, 6.45) is -3.98. The minimum Gasteiger partial charge on any atom is -0.466 e. The highest BCUT2D eigenvalue weighted by molar-refractivity contribution is 5.69. The molecule has 0 N–H and O–H groups in total. The summed E-state index contributed by atoms with van der Waals surface area (Å²) in [6, 6.07) is 5.40. The molecule has 0 radical (unpaired) electrons. The van der Waals surface area contributed by atoms with Gasteiger partial charge in [-0.05, 0) is 25.1 Å². The molecule has 0 spiro atoms. The quantitative estimate of drug-likeness (QED) is 0.777. The van der Waals surface area contributed by atoms with E-state index in [0.29, 0.717) is 38.3 Å². The normalized spacial score (nSPS) is 16.4. The van der Waals surface area contributed by atoms with E-state index in [1.165, 1.54) is 12.1 Å². The Morgan fingerprint density at radius 2 is 1.91 bits per heavy atom. The monoisotopic (exact) mass is 330 g/mol. The summed E-state index contributed by atoms with van der Waals surface area (Å²) in [5.41, 5.74) is -0.0374. The van der Waals surface area contributed by atoms with Crippen molar-refractivity contribution in [2.24, 2.45) is 0 Å². The van der Waals surface area contributed by atoms with Crippen molar-refractivity contribution in [3.63, 3.8) is 0 Å². The zero-order valence-corrected chi connectivity index (χ0v) is 13.1. The number of carbonyl (C=O) groups is 1. The number of piperazine rings is 1. The van der Waals surface area contributed by atoms with Crippen molar-refractivity contribution in [3.05, 3.63) is 29.8 Å². The molecule has 1 aromatic carbocycles. The van der Waals surface area contributed by atoms with Gasteiger partial charge in [-0.15, -0.1) is 0 Å². The molecule has 1 fully saturated rings. The predicted octanol–water partition coefficient (Wildman–Crippen LogP) is 2.78. The summed E-state index contributed by atoms with van der Waals surface area (Å²) >= 11 is 0. The van der Waals surface area contributed by atoms with E-state index in [1.54, 1.807) is 13.0 Å². The first-order valence-corrected chi connectivity index (χ1v) is 7.70.